The van der Waals surface area contributed by atoms with Crippen LogP contribution in [0, 0.1) is 0 Å². The third kappa shape index (κ3) is 5.15. The van der Waals surface area contributed by atoms with Crippen LogP contribution in [0.15, 0.2) is 47.0 Å². The second kappa shape index (κ2) is 8.00. The number of thioether (sulfide) groups is 1. The van der Waals surface area contributed by atoms with Gasteiger partial charge in [-0.25, -0.2) is 9.59 Å². The van der Waals surface area contributed by atoms with E-state index in [1.807, 2.05) is 6.07 Å². The molecule has 0 bridgehead atoms. The number of hydrogen-bond donors (Lipinski definition) is 2. The van der Waals surface area contributed by atoms with E-state index in [-0.39, 0.29) is 6.61 Å². The molecule has 0 spiro atoms. The molecule has 0 atom stereocenters. The third-order valence-corrected chi connectivity index (χ3v) is 2.82. The van der Waals surface area contributed by atoms with Crippen molar-refractivity contribution in [1.29, 1.82) is 0 Å². The maximum Gasteiger partial charge on any atom is 0.347 e. The summed E-state index contributed by atoms with van der Waals surface area (Å²) in [5.41, 5.74) is -0.631. The Bertz CT molecular complexity index is 527. The summed E-state index contributed by atoms with van der Waals surface area (Å²) in [7, 11) is 0. The highest BCUT2D eigenvalue weighted by atomic mass is 32.2. The van der Waals surface area contributed by atoms with Gasteiger partial charge in [-0.3, -0.25) is 4.79 Å². The molecule has 0 saturated heterocycles. The number of carboxylic acids is 1. The van der Waals surface area contributed by atoms with Crippen LogP contribution in [-0.4, -0.2) is 28.9 Å². The lowest BCUT2D eigenvalue weighted by molar-refractivity contribution is -0.143. The summed E-state index contributed by atoms with van der Waals surface area (Å²) in [5.74, 6) is -2.46. The number of carbonyl (C=O) groups is 3. The van der Waals surface area contributed by atoms with Gasteiger partial charge in [0, 0.05) is 11.1 Å². The number of rotatable bonds is 5. The first kappa shape index (κ1) is 15.8. The fourth-order valence-corrected chi connectivity index (χ4v) is 1.80. The smallest absolute Gasteiger partial charge is 0.347 e. The first-order valence-corrected chi connectivity index (χ1v) is 6.50. The van der Waals surface area contributed by atoms with Gasteiger partial charge >= 0.3 is 11.9 Å². The maximum absolute atomic E-state index is 11.6. The van der Waals surface area contributed by atoms with Crippen LogP contribution >= 0.6 is 11.8 Å². The maximum atomic E-state index is 11.6. The number of esters is 1. The Balaban J connectivity index is 2.65. The number of ether oxygens (including phenoxy) is 1. The van der Waals surface area contributed by atoms with E-state index in [0.29, 0.717) is 4.90 Å². The van der Waals surface area contributed by atoms with Crippen molar-refractivity contribution in [2.45, 2.75) is 11.8 Å². The monoisotopic (exact) mass is 295 g/mol. The second-order valence-electron chi connectivity index (χ2n) is 3.43. The van der Waals surface area contributed by atoms with Crippen LogP contribution in [-0.2, 0) is 14.3 Å². The molecule has 0 radical (unpaired) electrons. The van der Waals surface area contributed by atoms with E-state index in [2.05, 4.69) is 10.1 Å². The van der Waals surface area contributed by atoms with Gasteiger partial charge in [-0.05, 0) is 30.8 Å². The molecular weight excluding hydrogens is 282 g/mol. The molecule has 0 aromatic heterocycles. The van der Waals surface area contributed by atoms with E-state index in [1.165, 1.54) is 0 Å². The Morgan fingerprint density at radius 2 is 1.95 bits per heavy atom. The topological polar surface area (TPSA) is 92.7 Å². The highest BCUT2D eigenvalue weighted by Gasteiger charge is 2.19. The summed E-state index contributed by atoms with van der Waals surface area (Å²) in [6.45, 7) is 1.61. The molecule has 2 N–H and O–H groups in total. The molecule has 106 valence electrons. The van der Waals surface area contributed by atoms with Gasteiger partial charge in [0.05, 0.1) is 6.61 Å². The first-order chi connectivity index (χ1) is 9.54. The van der Waals surface area contributed by atoms with Gasteiger partial charge in [0.25, 0.3) is 5.24 Å². The number of aliphatic carboxylic acids is 1. The van der Waals surface area contributed by atoms with Gasteiger partial charge in [0.2, 0.25) is 0 Å². The lowest BCUT2D eigenvalue weighted by atomic mass is 10.3. The predicted molar refractivity (Wildman–Crippen MR) is 73.2 cm³/mol. The summed E-state index contributed by atoms with van der Waals surface area (Å²) in [5, 5.41) is 10.6. The number of amides is 1. The van der Waals surface area contributed by atoms with E-state index in [1.54, 1.807) is 31.2 Å². The third-order valence-electron chi connectivity index (χ3n) is 2.01. The highest BCUT2D eigenvalue weighted by Crippen LogP contribution is 2.17. The lowest BCUT2D eigenvalue weighted by Gasteiger charge is -2.03. The molecule has 1 amide bonds. The number of carboxylic acid groups (broad SMARTS) is 1. The molecule has 1 aromatic carbocycles. The summed E-state index contributed by atoms with van der Waals surface area (Å²) in [6, 6.07) is 8.82. The van der Waals surface area contributed by atoms with Crippen LogP contribution < -0.4 is 5.32 Å². The molecule has 0 aliphatic rings. The van der Waals surface area contributed by atoms with Crippen molar-refractivity contribution in [2.24, 2.45) is 0 Å². The SMILES string of the molecule is CCOC(=O)/C(=C/NC(=O)Sc1ccccc1)C(=O)O. The molecule has 7 heteroatoms. The summed E-state index contributed by atoms with van der Waals surface area (Å²) < 4.78 is 4.57. The second-order valence-corrected chi connectivity index (χ2v) is 4.48. The Labute approximate surface area is 119 Å². The van der Waals surface area contributed by atoms with Crippen molar-refractivity contribution in [3.05, 3.63) is 42.1 Å². The zero-order valence-corrected chi connectivity index (χ0v) is 11.5. The van der Waals surface area contributed by atoms with E-state index in [4.69, 9.17) is 5.11 Å². The van der Waals surface area contributed by atoms with Crippen molar-refractivity contribution >= 4 is 28.9 Å². The predicted octanol–water partition coefficient (Wildman–Crippen LogP) is 2.02. The van der Waals surface area contributed by atoms with Crippen molar-refractivity contribution in [3.8, 4) is 0 Å². The van der Waals surface area contributed by atoms with Crippen LogP contribution in [0.3, 0.4) is 0 Å². The minimum absolute atomic E-state index is 0.0518. The molecule has 0 heterocycles. The van der Waals surface area contributed by atoms with E-state index < -0.39 is 22.8 Å². The molecule has 1 aromatic rings. The number of carbonyl (C=O) groups excluding carboxylic acids is 2. The molecule has 0 aliphatic heterocycles. The summed E-state index contributed by atoms with van der Waals surface area (Å²) >= 11 is 0.883. The Morgan fingerprint density at radius 3 is 2.50 bits per heavy atom. The number of benzene rings is 1. The normalized spacial score (nSPS) is 10.8. The van der Waals surface area contributed by atoms with Crippen LogP contribution in [0.2, 0.25) is 0 Å². The molecule has 0 fully saturated rings. The summed E-state index contributed by atoms with van der Waals surface area (Å²) in [4.78, 5) is 34.5. The zero-order valence-electron chi connectivity index (χ0n) is 10.7. The van der Waals surface area contributed by atoms with Gasteiger partial charge in [-0.15, -0.1) is 0 Å². The van der Waals surface area contributed by atoms with E-state index in [9.17, 15) is 14.4 Å². The number of nitrogens with one attached hydrogen (secondary N) is 1. The molecule has 0 unspecified atom stereocenters. The largest absolute Gasteiger partial charge is 0.477 e. The Kier molecular flexibility index (Phi) is 6.31. The quantitative estimate of drug-likeness (QED) is 0.284. The minimum atomic E-state index is -1.46. The fourth-order valence-electron chi connectivity index (χ4n) is 1.17. The highest BCUT2D eigenvalue weighted by molar-refractivity contribution is 8.13. The van der Waals surface area contributed by atoms with Crippen molar-refractivity contribution in [1.82, 2.24) is 5.32 Å². The summed E-state index contributed by atoms with van der Waals surface area (Å²) in [6.07, 6.45) is 0.832. The average molecular weight is 295 g/mol. The minimum Gasteiger partial charge on any atom is -0.477 e. The molecule has 6 nitrogen and oxygen atoms in total. The van der Waals surface area contributed by atoms with Crippen LogP contribution in [0.4, 0.5) is 4.79 Å². The van der Waals surface area contributed by atoms with Gasteiger partial charge in [0.1, 0.15) is 0 Å². The zero-order chi connectivity index (χ0) is 15.0. The average Bonchev–Trinajstić information content (AvgIpc) is 2.40. The van der Waals surface area contributed by atoms with Crippen molar-refractivity contribution in [2.75, 3.05) is 6.61 Å². The van der Waals surface area contributed by atoms with Crippen molar-refractivity contribution < 1.29 is 24.2 Å². The van der Waals surface area contributed by atoms with Gasteiger partial charge < -0.3 is 15.2 Å². The molecule has 1 rings (SSSR count). The Morgan fingerprint density at radius 1 is 1.30 bits per heavy atom. The van der Waals surface area contributed by atoms with Crippen molar-refractivity contribution in [3.63, 3.8) is 0 Å². The molecule has 0 saturated carbocycles. The molecule has 0 aliphatic carbocycles. The van der Waals surface area contributed by atoms with E-state index in [0.717, 1.165) is 18.0 Å². The van der Waals surface area contributed by atoms with Crippen LogP contribution in [0.5, 0.6) is 0 Å². The fraction of sp³-hybridized carbons (Fsp3) is 0.154. The first-order valence-electron chi connectivity index (χ1n) is 5.68. The van der Waals surface area contributed by atoms with Gasteiger partial charge in [0.15, 0.2) is 5.57 Å². The van der Waals surface area contributed by atoms with E-state index >= 15 is 0 Å². The lowest BCUT2D eigenvalue weighted by Crippen LogP contribution is -2.20. The number of hydrogen-bond acceptors (Lipinski definition) is 5. The van der Waals surface area contributed by atoms with Gasteiger partial charge in [-0.1, -0.05) is 18.2 Å². The van der Waals surface area contributed by atoms with Crippen LogP contribution in [0.1, 0.15) is 6.92 Å². The molecule has 20 heavy (non-hydrogen) atoms. The van der Waals surface area contributed by atoms with Gasteiger partial charge in [-0.2, -0.15) is 0 Å². The standard InChI is InChI=1S/C13H13NO5S/c1-2-19-12(17)10(11(15)16)8-14-13(18)20-9-6-4-3-5-7-9/h3-8H,2H2,1H3,(H,14,18)(H,15,16)/b10-8+. The van der Waals surface area contributed by atoms with Crippen LogP contribution in [0.25, 0.3) is 0 Å². The molecular formula is C13H13NO5S. The Hall–Kier alpha value is -2.28.